The quantitative estimate of drug-likeness (QED) is 0.822. The zero-order valence-electron chi connectivity index (χ0n) is 8.21. The normalized spacial score (nSPS) is 21.3. The minimum absolute atomic E-state index is 0.239. The van der Waals surface area contributed by atoms with Crippen LogP contribution in [0, 0.1) is 5.82 Å². The van der Waals surface area contributed by atoms with Crippen molar-refractivity contribution in [2.75, 3.05) is 6.61 Å². The molecule has 0 aromatic heterocycles. The average Bonchev–Trinajstić information content (AvgIpc) is 2.25. The molecule has 2 rings (SSSR count). The molecule has 2 nitrogen and oxygen atoms in total. The second-order valence-corrected chi connectivity index (χ2v) is 4.34. The summed E-state index contributed by atoms with van der Waals surface area (Å²) >= 11 is 3.31. The predicted octanol–water partition coefficient (Wildman–Crippen LogP) is 3.49. The second kappa shape index (κ2) is 4.94. The first kappa shape index (κ1) is 10.9. The average molecular weight is 275 g/mol. The molecule has 1 unspecified atom stereocenters. The Kier molecular flexibility index (Phi) is 3.59. The van der Waals surface area contributed by atoms with Crippen LogP contribution in [0.5, 0.6) is 5.75 Å². The molecule has 0 saturated carbocycles. The summed E-state index contributed by atoms with van der Waals surface area (Å²) in [7, 11) is 0. The van der Waals surface area contributed by atoms with Crippen molar-refractivity contribution >= 4 is 15.9 Å². The molecular weight excluding hydrogens is 263 g/mol. The van der Waals surface area contributed by atoms with E-state index in [0.29, 0.717) is 5.75 Å². The molecule has 0 aliphatic carbocycles. The van der Waals surface area contributed by atoms with Crippen LogP contribution < -0.4 is 4.74 Å². The molecule has 0 spiro atoms. The van der Waals surface area contributed by atoms with Gasteiger partial charge >= 0.3 is 0 Å². The Balaban J connectivity index is 2.05. The van der Waals surface area contributed by atoms with Gasteiger partial charge in [-0.25, -0.2) is 4.39 Å². The summed E-state index contributed by atoms with van der Waals surface area (Å²) in [4.78, 5) is 0. The molecule has 15 heavy (non-hydrogen) atoms. The Morgan fingerprint density at radius 3 is 3.00 bits per heavy atom. The van der Waals surface area contributed by atoms with Gasteiger partial charge in [-0.3, -0.25) is 0 Å². The van der Waals surface area contributed by atoms with E-state index in [9.17, 15) is 4.39 Å². The highest BCUT2D eigenvalue weighted by atomic mass is 79.9. The molecule has 0 radical (unpaired) electrons. The Bertz CT molecular complexity index is 337. The van der Waals surface area contributed by atoms with E-state index in [1.165, 1.54) is 12.1 Å². The summed E-state index contributed by atoms with van der Waals surface area (Å²) in [5, 5.41) is 0. The number of halogens is 2. The van der Waals surface area contributed by atoms with Crippen molar-refractivity contribution < 1.29 is 13.9 Å². The number of rotatable bonds is 2. The number of hydrogen-bond acceptors (Lipinski definition) is 2. The fourth-order valence-corrected chi connectivity index (χ4v) is 1.85. The van der Waals surface area contributed by atoms with Gasteiger partial charge in [-0.15, -0.1) is 0 Å². The van der Waals surface area contributed by atoms with Gasteiger partial charge < -0.3 is 9.47 Å². The highest BCUT2D eigenvalue weighted by Crippen LogP contribution is 2.28. The van der Waals surface area contributed by atoms with Crippen LogP contribution in [0.2, 0.25) is 0 Å². The van der Waals surface area contributed by atoms with Crippen LogP contribution >= 0.6 is 15.9 Å². The summed E-state index contributed by atoms with van der Waals surface area (Å²) in [6.07, 6.45) is 2.79. The summed E-state index contributed by atoms with van der Waals surface area (Å²) in [5.74, 6) is 0.200. The second-order valence-electron chi connectivity index (χ2n) is 3.49. The number of ether oxygens (including phenoxy) is 2. The lowest BCUT2D eigenvalue weighted by Crippen LogP contribution is -2.25. The lowest BCUT2D eigenvalue weighted by atomic mass is 10.2. The molecule has 1 fully saturated rings. The van der Waals surface area contributed by atoms with Gasteiger partial charge in [-0.2, -0.15) is 0 Å². The third-order valence-electron chi connectivity index (χ3n) is 2.29. The number of benzene rings is 1. The first-order chi connectivity index (χ1) is 7.25. The fourth-order valence-electron chi connectivity index (χ4n) is 1.51. The van der Waals surface area contributed by atoms with Crippen molar-refractivity contribution in [3.8, 4) is 5.75 Å². The Morgan fingerprint density at radius 2 is 2.27 bits per heavy atom. The molecule has 1 aliphatic heterocycles. The van der Waals surface area contributed by atoms with Crippen molar-refractivity contribution in [1.29, 1.82) is 0 Å². The first-order valence-corrected chi connectivity index (χ1v) is 5.78. The third-order valence-corrected chi connectivity index (χ3v) is 2.94. The molecule has 82 valence electrons. The Morgan fingerprint density at radius 1 is 1.40 bits per heavy atom. The van der Waals surface area contributed by atoms with Crippen LogP contribution in [-0.2, 0) is 4.74 Å². The van der Waals surface area contributed by atoms with E-state index >= 15 is 0 Å². The molecule has 1 aromatic carbocycles. The van der Waals surface area contributed by atoms with Gasteiger partial charge in [0.15, 0.2) is 6.29 Å². The van der Waals surface area contributed by atoms with E-state index in [1.807, 2.05) is 0 Å². The smallest absolute Gasteiger partial charge is 0.199 e. The van der Waals surface area contributed by atoms with Crippen molar-refractivity contribution in [3.05, 3.63) is 28.5 Å². The van der Waals surface area contributed by atoms with Gasteiger partial charge in [-0.05, 0) is 40.9 Å². The monoisotopic (exact) mass is 274 g/mol. The van der Waals surface area contributed by atoms with Crippen molar-refractivity contribution in [2.45, 2.75) is 25.6 Å². The SMILES string of the molecule is Fc1ccc(Br)c(OC2CCCCO2)c1. The summed E-state index contributed by atoms with van der Waals surface area (Å²) in [6, 6.07) is 4.38. The number of hydrogen-bond donors (Lipinski definition) is 0. The maximum absolute atomic E-state index is 13.0. The molecule has 1 aliphatic rings. The predicted molar refractivity (Wildman–Crippen MR) is 58.3 cm³/mol. The zero-order chi connectivity index (χ0) is 10.7. The van der Waals surface area contributed by atoms with Gasteiger partial charge in [0.2, 0.25) is 0 Å². The summed E-state index contributed by atoms with van der Waals surface area (Å²) < 4.78 is 24.7. The van der Waals surface area contributed by atoms with E-state index in [0.717, 1.165) is 30.3 Å². The van der Waals surface area contributed by atoms with Gasteiger partial charge in [0.1, 0.15) is 11.6 Å². The lowest BCUT2D eigenvalue weighted by molar-refractivity contribution is -0.106. The molecule has 0 amide bonds. The van der Waals surface area contributed by atoms with Crippen LogP contribution in [0.25, 0.3) is 0 Å². The van der Waals surface area contributed by atoms with Crippen LogP contribution in [0.1, 0.15) is 19.3 Å². The van der Waals surface area contributed by atoms with Gasteiger partial charge in [0.25, 0.3) is 0 Å². The van der Waals surface area contributed by atoms with E-state index in [4.69, 9.17) is 9.47 Å². The first-order valence-electron chi connectivity index (χ1n) is 4.99. The van der Waals surface area contributed by atoms with E-state index in [1.54, 1.807) is 6.07 Å². The largest absolute Gasteiger partial charge is 0.464 e. The van der Waals surface area contributed by atoms with Crippen molar-refractivity contribution in [1.82, 2.24) is 0 Å². The zero-order valence-corrected chi connectivity index (χ0v) is 9.80. The van der Waals surface area contributed by atoms with Gasteiger partial charge in [-0.1, -0.05) is 0 Å². The van der Waals surface area contributed by atoms with Crippen LogP contribution in [0.4, 0.5) is 4.39 Å². The molecule has 1 atom stereocenters. The highest BCUT2D eigenvalue weighted by molar-refractivity contribution is 9.10. The maximum atomic E-state index is 13.0. The lowest BCUT2D eigenvalue weighted by Gasteiger charge is -2.23. The Labute approximate surface area is 96.5 Å². The Hall–Kier alpha value is -0.610. The molecule has 1 saturated heterocycles. The standard InChI is InChI=1S/C11H12BrFO2/c12-9-5-4-8(13)7-10(9)15-11-3-1-2-6-14-11/h4-5,7,11H,1-3,6H2. The fraction of sp³-hybridized carbons (Fsp3) is 0.455. The summed E-state index contributed by atoms with van der Waals surface area (Å²) in [6.45, 7) is 0.720. The molecule has 1 heterocycles. The molecular formula is C11H12BrFO2. The van der Waals surface area contributed by atoms with Gasteiger partial charge in [0.05, 0.1) is 11.1 Å². The molecule has 0 N–H and O–H groups in total. The highest BCUT2D eigenvalue weighted by Gasteiger charge is 2.16. The molecule has 0 bridgehead atoms. The van der Waals surface area contributed by atoms with E-state index in [2.05, 4.69) is 15.9 Å². The van der Waals surface area contributed by atoms with Crippen molar-refractivity contribution in [2.24, 2.45) is 0 Å². The van der Waals surface area contributed by atoms with Gasteiger partial charge in [0, 0.05) is 12.5 Å². The van der Waals surface area contributed by atoms with Crippen LogP contribution in [-0.4, -0.2) is 12.9 Å². The minimum atomic E-state index is -0.302. The van der Waals surface area contributed by atoms with E-state index < -0.39 is 0 Å². The summed E-state index contributed by atoms with van der Waals surface area (Å²) in [5.41, 5.74) is 0. The molecule has 1 aromatic rings. The topological polar surface area (TPSA) is 18.5 Å². The van der Waals surface area contributed by atoms with Crippen LogP contribution in [0.3, 0.4) is 0 Å². The maximum Gasteiger partial charge on any atom is 0.199 e. The van der Waals surface area contributed by atoms with E-state index in [-0.39, 0.29) is 12.1 Å². The van der Waals surface area contributed by atoms with Crippen LogP contribution in [0.15, 0.2) is 22.7 Å². The third kappa shape index (κ3) is 2.92. The minimum Gasteiger partial charge on any atom is -0.464 e. The molecule has 4 heteroatoms. The van der Waals surface area contributed by atoms with Crippen molar-refractivity contribution in [3.63, 3.8) is 0 Å².